The van der Waals surface area contributed by atoms with Crippen LogP contribution in [-0.2, 0) is 14.1 Å². The van der Waals surface area contributed by atoms with Gasteiger partial charge in [-0.05, 0) is 17.5 Å². The molecule has 0 bridgehead atoms. The first kappa shape index (κ1) is 14.2. The number of anilines is 1. The Morgan fingerprint density at radius 2 is 2.05 bits per heavy atom. The van der Waals surface area contributed by atoms with Crippen LogP contribution in [0.25, 0.3) is 11.0 Å². The Morgan fingerprint density at radius 1 is 1.27 bits per heavy atom. The second-order valence-corrected chi connectivity index (χ2v) is 5.68. The fraction of sp³-hybridized carbons (Fsp3) is 0.143. The Morgan fingerprint density at radius 3 is 2.73 bits per heavy atom. The Bertz CT molecular complexity index is 986. The van der Waals surface area contributed by atoms with E-state index in [4.69, 9.17) is 0 Å². The lowest BCUT2D eigenvalue weighted by atomic mass is 10.3. The predicted octanol–water partition coefficient (Wildman–Crippen LogP) is 0.946. The monoisotopic (exact) mass is 316 g/mol. The molecule has 0 saturated carbocycles. The zero-order valence-electron chi connectivity index (χ0n) is 11.9. The van der Waals surface area contributed by atoms with Crippen LogP contribution in [0.1, 0.15) is 9.67 Å². The van der Waals surface area contributed by atoms with E-state index in [0.717, 1.165) is 4.57 Å². The van der Waals surface area contributed by atoms with Gasteiger partial charge in [0.2, 0.25) is 0 Å². The summed E-state index contributed by atoms with van der Waals surface area (Å²) >= 11 is 1.32. The minimum Gasteiger partial charge on any atom is -0.320 e. The molecule has 0 aliphatic heterocycles. The molecule has 1 amide bonds. The first-order valence-electron chi connectivity index (χ1n) is 6.39. The number of rotatable bonds is 2. The summed E-state index contributed by atoms with van der Waals surface area (Å²) in [7, 11) is 2.95. The number of carbonyl (C=O) groups is 1. The third kappa shape index (κ3) is 2.23. The highest BCUT2D eigenvalue weighted by molar-refractivity contribution is 7.12. The molecule has 112 valence electrons. The van der Waals surface area contributed by atoms with Crippen LogP contribution in [0.4, 0.5) is 5.69 Å². The Balaban J connectivity index is 2.09. The van der Waals surface area contributed by atoms with Crippen LogP contribution in [0.3, 0.4) is 0 Å². The topological polar surface area (TPSA) is 86.0 Å². The summed E-state index contributed by atoms with van der Waals surface area (Å²) in [5.41, 5.74) is -0.206. The number of aryl methyl sites for hydroxylation is 1. The molecule has 0 atom stereocenters. The SMILES string of the molecule is Cn1c(=O)c2cc(NC(=O)c3cccs3)cnc2n(C)c1=O. The number of hydrogen-bond acceptors (Lipinski definition) is 5. The van der Waals surface area contributed by atoms with E-state index in [0.29, 0.717) is 10.6 Å². The largest absolute Gasteiger partial charge is 0.332 e. The van der Waals surface area contributed by atoms with Gasteiger partial charge in [-0.25, -0.2) is 9.78 Å². The van der Waals surface area contributed by atoms with E-state index in [1.807, 2.05) is 0 Å². The number of amides is 1. The molecule has 1 N–H and O–H groups in total. The Labute approximate surface area is 128 Å². The molecule has 3 aromatic rings. The van der Waals surface area contributed by atoms with Gasteiger partial charge in [0.05, 0.1) is 22.1 Å². The number of thiophene rings is 1. The van der Waals surface area contributed by atoms with Gasteiger partial charge < -0.3 is 5.32 Å². The van der Waals surface area contributed by atoms with Gasteiger partial charge in [-0.3, -0.25) is 18.7 Å². The molecule has 0 aliphatic carbocycles. The lowest BCUT2D eigenvalue weighted by molar-refractivity contribution is 0.103. The highest BCUT2D eigenvalue weighted by Gasteiger charge is 2.12. The van der Waals surface area contributed by atoms with Crippen LogP contribution in [0.5, 0.6) is 0 Å². The maximum atomic E-state index is 12.2. The first-order chi connectivity index (χ1) is 10.5. The number of hydrogen-bond donors (Lipinski definition) is 1. The minimum atomic E-state index is -0.446. The van der Waals surface area contributed by atoms with E-state index in [-0.39, 0.29) is 16.9 Å². The Hall–Kier alpha value is -2.74. The van der Waals surface area contributed by atoms with Crippen molar-refractivity contribution >= 4 is 34.0 Å². The summed E-state index contributed by atoms with van der Waals surface area (Å²) in [4.78, 5) is 40.7. The van der Waals surface area contributed by atoms with Crippen molar-refractivity contribution in [3.8, 4) is 0 Å². The summed E-state index contributed by atoms with van der Waals surface area (Å²) in [6.45, 7) is 0. The maximum Gasteiger partial charge on any atom is 0.332 e. The summed E-state index contributed by atoms with van der Waals surface area (Å²) in [6, 6.07) is 5.01. The van der Waals surface area contributed by atoms with Crippen LogP contribution < -0.4 is 16.6 Å². The van der Waals surface area contributed by atoms with Crippen molar-refractivity contribution in [3.63, 3.8) is 0 Å². The van der Waals surface area contributed by atoms with Gasteiger partial charge in [0.25, 0.3) is 11.5 Å². The standard InChI is InChI=1S/C14H12N4O3S/c1-17-11-9(13(20)18(2)14(17)21)6-8(7-15-11)16-12(19)10-4-3-5-22-10/h3-7H,1-2H3,(H,16,19). The van der Waals surface area contributed by atoms with Crippen molar-refractivity contribution in [3.05, 3.63) is 55.5 Å². The van der Waals surface area contributed by atoms with E-state index >= 15 is 0 Å². The molecule has 3 heterocycles. The average molecular weight is 316 g/mol. The van der Waals surface area contributed by atoms with Gasteiger partial charge in [-0.2, -0.15) is 0 Å². The van der Waals surface area contributed by atoms with Crippen LogP contribution in [-0.4, -0.2) is 20.0 Å². The molecule has 0 spiro atoms. The van der Waals surface area contributed by atoms with E-state index in [1.54, 1.807) is 24.6 Å². The zero-order chi connectivity index (χ0) is 15.9. The van der Waals surface area contributed by atoms with Gasteiger partial charge in [0.15, 0.2) is 0 Å². The summed E-state index contributed by atoms with van der Waals surface area (Å²) < 4.78 is 2.30. The molecular formula is C14H12N4O3S. The van der Waals surface area contributed by atoms with Crippen molar-refractivity contribution in [2.45, 2.75) is 0 Å². The maximum absolute atomic E-state index is 12.2. The molecule has 0 aliphatic rings. The van der Waals surface area contributed by atoms with Gasteiger partial charge in [0.1, 0.15) is 5.65 Å². The molecule has 0 unspecified atom stereocenters. The fourth-order valence-corrected chi connectivity index (χ4v) is 2.75. The molecular weight excluding hydrogens is 304 g/mol. The van der Waals surface area contributed by atoms with Gasteiger partial charge in [-0.15, -0.1) is 11.3 Å². The number of nitrogens with zero attached hydrogens (tertiary/aromatic N) is 3. The Kier molecular flexibility index (Phi) is 3.38. The van der Waals surface area contributed by atoms with E-state index < -0.39 is 11.2 Å². The zero-order valence-corrected chi connectivity index (χ0v) is 12.7. The third-order valence-electron chi connectivity index (χ3n) is 3.30. The van der Waals surface area contributed by atoms with Crippen LogP contribution >= 0.6 is 11.3 Å². The van der Waals surface area contributed by atoms with Crippen molar-refractivity contribution in [2.75, 3.05) is 5.32 Å². The number of aromatic nitrogens is 3. The van der Waals surface area contributed by atoms with Crippen LogP contribution in [0.15, 0.2) is 39.4 Å². The number of nitrogens with one attached hydrogen (secondary N) is 1. The average Bonchev–Trinajstić information content (AvgIpc) is 3.05. The predicted molar refractivity (Wildman–Crippen MR) is 84.5 cm³/mol. The first-order valence-corrected chi connectivity index (χ1v) is 7.27. The number of pyridine rings is 1. The quantitative estimate of drug-likeness (QED) is 0.762. The third-order valence-corrected chi connectivity index (χ3v) is 4.16. The molecule has 22 heavy (non-hydrogen) atoms. The van der Waals surface area contributed by atoms with Crippen molar-refractivity contribution in [1.29, 1.82) is 0 Å². The number of carbonyl (C=O) groups excluding carboxylic acids is 1. The lowest BCUT2D eigenvalue weighted by Crippen LogP contribution is -2.37. The molecule has 3 rings (SSSR count). The molecule has 0 saturated heterocycles. The molecule has 0 aromatic carbocycles. The van der Waals surface area contributed by atoms with E-state index in [1.165, 1.54) is 35.2 Å². The van der Waals surface area contributed by atoms with Gasteiger partial charge >= 0.3 is 5.69 Å². The molecule has 7 nitrogen and oxygen atoms in total. The molecule has 0 fully saturated rings. The molecule has 0 radical (unpaired) electrons. The van der Waals surface area contributed by atoms with Crippen molar-refractivity contribution in [1.82, 2.24) is 14.1 Å². The second kappa shape index (κ2) is 5.23. The van der Waals surface area contributed by atoms with E-state index in [2.05, 4.69) is 10.3 Å². The summed E-state index contributed by atoms with van der Waals surface area (Å²) in [6.07, 6.45) is 1.42. The summed E-state index contributed by atoms with van der Waals surface area (Å²) in [5, 5.41) is 4.77. The van der Waals surface area contributed by atoms with E-state index in [9.17, 15) is 14.4 Å². The smallest absolute Gasteiger partial charge is 0.320 e. The molecule has 3 aromatic heterocycles. The molecule has 8 heteroatoms. The van der Waals surface area contributed by atoms with Crippen LogP contribution in [0, 0.1) is 0 Å². The second-order valence-electron chi connectivity index (χ2n) is 4.73. The van der Waals surface area contributed by atoms with Gasteiger partial charge in [0, 0.05) is 14.1 Å². The summed E-state index contributed by atoms with van der Waals surface area (Å²) in [5.74, 6) is -0.266. The van der Waals surface area contributed by atoms with Crippen molar-refractivity contribution < 1.29 is 4.79 Å². The van der Waals surface area contributed by atoms with Gasteiger partial charge in [-0.1, -0.05) is 6.07 Å². The van der Waals surface area contributed by atoms with Crippen LogP contribution in [0.2, 0.25) is 0 Å². The minimum absolute atomic E-state index is 0.266. The highest BCUT2D eigenvalue weighted by atomic mass is 32.1. The normalized spacial score (nSPS) is 10.8. The number of fused-ring (bicyclic) bond motifs is 1. The highest BCUT2D eigenvalue weighted by Crippen LogP contribution is 2.15. The lowest BCUT2D eigenvalue weighted by Gasteiger charge is -2.08. The fourth-order valence-electron chi connectivity index (χ4n) is 2.13. The van der Waals surface area contributed by atoms with Crippen molar-refractivity contribution in [2.24, 2.45) is 14.1 Å².